The van der Waals surface area contributed by atoms with Crippen LogP contribution in [0.3, 0.4) is 0 Å². The average Bonchev–Trinajstić information content (AvgIpc) is 2.97. The monoisotopic (exact) mass is 372 g/mol. The Labute approximate surface area is 155 Å². The lowest BCUT2D eigenvalue weighted by molar-refractivity contribution is -0.118. The lowest BCUT2D eigenvalue weighted by atomic mass is 10.2. The van der Waals surface area contributed by atoms with Crippen LogP contribution in [-0.4, -0.2) is 27.4 Å². The Morgan fingerprint density at radius 3 is 2.96 bits per heavy atom. The van der Waals surface area contributed by atoms with Gasteiger partial charge in [-0.1, -0.05) is 47.6 Å². The van der Waals surface area contributed by atoms with Crippen LogP contribution in [0.4, 0.5) is 0 Å². The summed E-state index contributed by atoms with van der Waals surface area (Å²) in [5.74, 6) is 0.0638. The van der Waals surface area contributed by atoms with E-state index >= 15 is 0 Å². The maximum absolute atomic E-state index is 12.0. The van der Waals surface area contributed by atoms with E-state index in [0.717, 1.165) is 28.3 Å². The predicted octanol–water partition coefficient (Wildman–Crippen LogP) is 3.95. The standard InChI is InChI=1S/C18H17ClN4OS/c1-2-23-16-9-4-3-8-15(16)21-18(23)25-12-17(24)22-20-11-13-6-5-7-14(19)10-13/h3-11H,2,12H2,1H3,(H,22,24)/b20-11-. The number of aryl methyl sites for hydroxylation is 1. The number of rotatable bonds is 6. The second-order valence-corrected chi connectivity index (χ2v) is 6.64. The predicted molar refractivity (Wildman–Crippen MR) is 103 cm³/mol. The molecule has 0 aliphatic carbocycles. The molecule has 1 heterocycles. The van der Waals surface area contributed by atoms with Crippen molar-refractivity contribution in [2.75, 3.05) is 5.75 Å². The summed E-state index contributed by atoms with van der Waals surface area (Å²) in [6, 6.07) is 15.2. The fourth-order valence-corrected chi connectivity index (χ4v) is 3.47. The van der Waals surface area contributed by atoms with Gasteiger partial charge in [-0.05, 0) is 36.8 Å². The van der Waals surface area contributed by atoms with Gasteiger partial charge >= 0.3 is 0 Å². The van der Waals surface area contributed by atoms with Crippen molar-refractivity contribution in [2.24, 2.45) is 5.10 Å². The molecule has 0 saturated heterocycles. The second-order valence-electron chi connectivity index (χ2n) is 5.26. The zero-order valence-electron chi connectivity index (χ0n) is 13.6. The van der Waals surface area contributed by atoms with E-state index in [1.165, 1.54) is 11.8 Å². The number of carbonyl (C=O) groups is 1. The number of hydrogen-bond donors (Lipinski definition) is 1. The molecule has 0 aliphatic heterocycles. The highest BCUT2D eigenvalue weighted by atomic mass is 35.5. The maximum atomic E-state index is 12.0. The number of para-hydroxylation sites is 2. The summed E-state index contributed by atoms with van der Waals surface area (Å²) in [4.78, 5) is 16.6. The summed E-state index contributed by atoms with van der Waals surface area (Å²) >= 11 is 7.30. The minimum atomic E-state index is -0.182. The Morgan fingerprint density at radius 1 is 1.32 bits per heavy atom. The molecule has 5 nitrogen and oxygen atoms in total. The Morgan fingerprint density at radius 2 is 2.16 bits per heavy atom. The van der Waals surface area contributed by atoms with E-state index in [4.69, 9.17) is 11.6 Å². The van der Waals surface area contributed by atoms with E-state index in [1.807, 2.05) is 36.4 Å². The van der Waals surface area contributed by atoms with Gasteiger partial charge in [0.25, 0.3) is 5.91 Å². The lowest BCUT2D eigenvalue weighted by Gasteiger charge is -2.04. The largest absolute Gasteiger partial charge is 0.319 e. The first-order chi connectivity index (χ1) is 12.2. The summed E-state index contributed by atoms with van der Waals surface area (Å²) in [5.41, 5.74) is 5.36. The van der Waals surface area contributed by atoms with Crippen molar-refractivity contribution >= 4 is 46.5 Å². The molecule has 1 aromatic heterocycles. The molecule has 0 aliphatic rings. The molecule has 7 heteroatoms. The topological polar surface area (TPSA) is 59.3 Å². The Balaban J connectivity index is 1.59. The number of amides is 1. The Bertz CT molecular complexity index is 922. The first-order valence-electron chi connectivity index (χ1n) is 7.83. The summed E-state index contributed by atoms with van der Waals surface area (Å²) < 4.78 is 2.10. The lowest BCUT2D eigenvalue weighted by Crippen LogP contribution is -2.20. The van der Waals surface area contributed by atoms with Gasteiger partial charge in [-0.15, -0.1) is 0 Å². The number of aromatic nitrogens is 2. The number of thioether (sulfide) groups is 1. The number of hydrazone groups is 1. The molecule has 2 aromatic carbocycles. The van der Waals surface area contributed by atoms with Crippen LogP contribution in [0.15, 0.2) is 58.8 Å². The van der Waals surface area contributed by atoms with Crippen molar-refractivity contribution in [2.45, 2.75) is 18.6 Å². The minimum absolute atomic E-state index is 0.182. The molecule has 0 spiro atoms. The normalized spacial score (nSPS) is 11.3. The molecule has 0 atom stereocenters. The Hall–Kier alpha value is -2.31. The molecule has 1 N–H and O–H groups in total. The summed E-state index contributed by atoms with van der Waals surface area (Å²) in [7, 11) is 0. The number of imidazole rings is 1. The van der Waals surface area contributed by atoms with Gasteiger partial charge in [0.1, 0.15) is 0 Å². The first kappa shape index (κ1) is 17.5. The van der Waals surface area contributed by atoms with Gasteiger partial charge in [-0.25, -0.2) is 10.4 Å². The van der Waals surface area contributed by atoms with Crippen molar-refractivity contribution in [3.05, 3.63) is 59.1 Å². The van der Waals surface area contributed by atoms with Crippen molar-refractivity contribution in [3.63, 3.8) is 0 Å². The molecule has 3 aromatic rings. The van der Waals surface area contributed by atoms with Crippen LogP contribution in [-0.2, 0) is 11.3 Å². The van der Waals surface area contributed by atoms with Crippen LogP contribution < -0.4 is 5.43 Å². The second kappa shape index (κ2) is 8.18. The highest BCUT2D eigenvalue weighted by Crippen LogP contribution is 2.23. The van der Waals surface area contributed by atoms with Crippen LogP contribution in [0.25, 0.3) is 11.0 Å². The molecular weight excluding hydrogens is 356 g/mol. The molecular formula is C18H17ClN4OS. The van der Waals surface area contributed by atoms with E-state index in [-0.39, 0.29) is 11.7 Å². The van der Waals surface area contributed by atoms with E-state index in [1.54, 1.807) is 18.3 Å². The first-order valence-corrected chi connectivity index (χ1v) is 9.19. The quantitative estimate of drug-likeness (QED) is 0.405. The SMILES string of the molecule is CCn1c(SCC(=O)N/N=C\c2cccc(Cl)c2)nc2ccccc21. The number of nitrogens with zero attached hydrogens (tertiary/aromatic N) is 3. The number of halogens is 1. The van der Waals surface area contributed by atoms with Crippen LogP contribution in [0.1, 0.15) is 12.5 Å². The molecule has 0 bridgehead atoms. The van der Waals surface area contributed by atoms with Crippen LogP contribution in [0, 0.1) is 0 Å². The maximum Gasteiger partial charge on any atom is 0.250 e. The fourth-order valence-electron chi connectivity index (χ4n) is 2.40. The summed E-state index contributed by atoms with van der Waals surface area (Å²) in [5, 5.41) is 5.42. The van der Waals surface area contributed by atoms with Crippen molar-refractivity contribution in [1.82, 2.24) is 15.0 Å². The van der Waals surface area contributed by atoms with E-state index in [2.05, 4.69) is 27.0 Å². The molecule has 0 saturated carbocycles. The molecule has 0 unspecified atom stereocenters. The van der Waals surface area contributed by atoms with Crippen molar-refractivity contribution in [1.29, 1.82) is 0 Å². The van der Waals surface area contributed by atoms with E-state index in [9.17, 15) is 4.79 Å². The minimum Gasteiger partial charge on any atom is -0.319 e. The third-order valence-electron chi connectivity index (χ3n) is 3.52. The van der Waals surface area contributed by atoms with Gasteiger partial charge in [0, 0.05) is 11.6 Å². The zero-order chi connectivity index (χ0) is 17.6. The third-order valence-corrected chi connectivity index (χ3v) is 4.73. The van der Waals surface area contributed by atoms with Gasteiger partial charge in [-0.2, -0.15) is 5.10 Å². The average molecular weight is 373 g/mol. The van der Waals surface area contributed by atoms with Crippen LogP contribution in [0.2, 0.25) is 5.02 Å². The molecule has 0 radical (unpaired) electrons. The Kier molecular flexibility index (Phi) is 5.73. The third kappa shape index (κ3) is 4.41. The molecule has 3 rings (SSSR count). The van der Waals surface area contributed by atoms with Gasteiger partial charge in [-0.3, -0.25) is 4.79 Å². The fraction of sp³-hybridized carbons (Fsp3) is 0.167. The number of nitrogens with one attached hydrogen (secondary N) is 1. The van der Waals surface area contributed by atoms with E-state index in [0.29, 0.717) is 5.02 Å². The number of hydrogen-bond acceptors (Lipinski definition) is 4. The summed E-state index contributed by atoms with van der Waals surface area (Å²) in [6.07, 6.45) is 1.57. The smallest absolute Gasteiger partial charge is 0.250 e. The van der Waals surface area contributed by atoms with Gasteiger partial charge < -0.3 is 4.57 Å². The molecule has 1 amide bonds. The van der Waals surface area contributed by atoms with Gasteiger partial charge in [0.2, 0.25) is 0 Å². The molecule has 25 heavy (non-hydrogen) atoms. The van der Waals surface area contributed by atoms with Crippen LogP contribution in [0.5, 0.6) is 0 Å². The van der Waals surface area contributed by atoms with Gasteiger partial charge in [0.15, 0.2) is 5.16 Å². The zero-order valence-corrected chi connectivity index (χ0v) is 15.2. The molecule has 128 valence electrons. The number of benzene rings is 2. The number of fused-ring (bicyclic) bond motifs is 1. The summed E-state index contributed by atoms with van der Waals surface area (Å²) in [6.45, 7) is 2.87. The highest BCUT2D eigenvalue weighted by Gasteiger charge is 2.11. The van der Waals surface area contributed by atoms with Crippen LogP contribution >= 0.6 is 23.4 Å². The van der Waals surface area contributed by atoms with Gasteiger partial charge in [0.05, 0.1) is 23.0 Å². The van der Waals surface area contributed by atoms with Crippen molar-refractivity contribution in [3.8, 4) is 0 Å². The number of carbonyl (C=O) groups excluding carboxylic acids is 1. The molecule has 0 fully saturated rings. The van der Waals surface area contributed by atoms with E-state index < -0.39 is 0 Å². The van der Waals surface area contributed by atoms with Crippen molar-refractivity contribution < 1.29 is 4.79 Å². The highest BCUT2D eigenvalue weighted by molar-refractivity contribution is 7.99.